The molecule has 106 heavy (non-hydrogen) atoms. The molecule has 0 spiro atoms. The molecule has 0 aliphatic carbocycles. The minimum Gasteiger partial charge on any atom is -0.309 e. The number of fused-ring (bicyclic) bond motifs is 28. The van der Waals surface area contributed by atoms with E-state index in [0.717, 1.165) is 83.4 Å². The molecule has 10 heterocycles. The number of aromatic nitrogens is 10. The number of para-hydroxylation sites is 6. The number of benzene rings is 14. The highest BCUT2D eigenvalue weighted by molar-refractivity contribution is 6.18. The van der Waals surface area contributed by atoms with Gasteiger partial charge in [-0.15, -0.1) is 0 Å². The molecular formula is C96H58N10. The molecule has 492 valence electrons. The third-order valence-corrected chi connectivity index (χ3v) is 22.2. The Morgan fingerprint density at radius 2 is 0.500 bits per heavy atom. The van der Waals surface area contributed by atoms with Crippen molar-refractivity contribution in [2.24, 2.45) is 0 Å². The van der Waals surface area contributed by atoms with Gasteiger partial charge < -0.3 is 18.3 Å². The molecule has 0 N–H and O–H groups in total. The van der Waals surface area contributed by atoms with Gasteiger partial charge in [-0.2, -0.15) is 0 Å². The summed E-state index contributed by atoms with van der Waals surface area (Å²) >= 11 is 0. The largest absolute Gasteiger partial charge is 0.309 e. The molecule has 0 radical (unpaired) electrons. The van der Waals surface area contributed by atoms with Crippen molar-refractivity contribution >= 4 is 164 Å². The van der Waals surface area contributed by atoms with E-state index in [2.05, 4.69) is 365 Å². The Bertz CT molecular complexity index is 7800. The lowest BCUT2D eigenvalue weighted by Gasteiger charge is -2.11. The quantitative estimate of drug-likeness (QED) is 0.155. The van der Waals surface area contributed by atoms with Crippen LogP contribution < -0.4 is 0 Å². The zero-order valence-electron chi connectivity index (χ0n) is 57.0. The van der Waals surface area contributed by atoms with E-state index in [9.17, 15) is 0 Å². The van der Waals surface area contributed by atoms with Gasteiger partial charge in [0, 0.05) is 99.8 Å². The van der Waals surface area contributed by atoms with Crippen molar-refractivity contribution < 1.29 is 0 Å². The summed E-state index contributed by atoms with van der Waals surface area (Å²) in [7, 11) is 0. The van der Waals surface area contributed by atoms with Crippen LogP contribution in [0.15, 0.2) is 352 Å². The summed E-state index contributed by atoms with van der Waals surface area (Å²) in [5.74, 6) is 0. The van der Waals surface area contributed by atoms with E-state index in [1.807, 2.05) is 24.8 Å². The lowest BCUT2D eigenvalue weighted by molar-refractivity contribution is 1.17. The van der Waals surface area contributed by atoms with E-state index in [-0.39, 0.29) is 0 Å². The van der Waals surface area contributed by atoms with Crippen LogP contribution in [0.2, 0.25) is 0 Å². The first-order valence-corrected chi connectivity index (χ1v) is 36.0. The van der Waals surface area contributed by atoms with Gasteiger partial charge in [-0.1, -0.05) is 182 Å². The van der Waals surface area contributed by atoms with E-state index < -0.39 is 0 Å². The average molecular weight is 1350 g/mol. The van der Waals surface area contributed by atoms with Crippen LogP contribution in [-0.4, -0.2) is 47.0 Å². The van der Waals surface area contributed by atoms with Crippen LogP contribution in [-0.2, 0) is 0 Å². The molecule has 0 fully saturated rings. The molecular weight excluding hydrogens is 1290 g/mol. The fraction of sp³-hybridized carbons (Fsp3) is 0. The fourth-order valence-corrected chi connectivity index (χ4v) is 17.5. The minimum absolute atomic E-state index is 0.977. The van der Waals surface area contributed by atoms with Crippen molar-refractivity contribution in [3.05, 3.63) is 352 Å². The number of nitrogens with zero attached hydrogens (tertiary/aromatic N) is 10. The maximum absolute atomic E-state index is 5.29. The van der Waals surface area contributed by atoms with Crippen LogP contribution >= 0.6 is 0 Å². The van der Waals surface area contributed by atoms with Gasteiger partial charge in [0.2, 0.25) is 0 Å². The summed E-state index contributed by atoms with van der Waals surface area (Å²) < 4.78 is 14.1. The average Bonchev–Trinajstić information content (AvgIpc) is 1.53. The Morgan fingerprint density at radius 3 is 0.953 bits per heavy atom. The normalized spacial score (nSPS) is 12.2. The molecule has 0 atom stereocenters. The van der Waals surface area contributed by atoms with Crippen molar-refractivity contribution in [3.8, 4) is 45.0 Å². The molecule has 0 saturated carbocycles. The molecule has 10 aromatic heterocycles. The summed E-state index contributed by atoms with van der Waals surface area (Å²) in [6, 6.07) is 118. The SMILES string of the molecule is c1ccc(-n2c3ccc(-c4ccc5c(c4)c4ccccc4n5-c4ccc5c(c4)nc4c6ccccc6c6ccccc6n54)cc3c3ccncc32)cc1.c1ccc(-n2c3ccc(-c4ccc5c(c4)c4ccccc4n5-c4ccc5nc6c7ccccc7c7ccccc7n6c5c4)cc3c3ccncc32)cc1. The van der Waals surface area contributed by atoms with Crippen LogP contribution in [0.5, 0.6) is 0 Å². The van der Waals surface area contributed by atoms with Crippen LogP contribution in [0.3, 0.4) is 0 Å². The zero-order valence-corrected chi connectivity index (χ0v) is 57.0. The Hall–Kier alpha value is -14.5. The molecule has 0 unspecified atom stereocenters. The van der Waals surface area contributed by atoms with Gasteiger partial charge in [-0.05, 0) is 179 Å². The van der Waals surface area contributed by atoms with Crippen molar-refractivity contribution in [2.75, 3.05) is 0 Å². The maximum atomic E-state index is 5.29. The molecule has 0 aliphatic heterocycles. The van der Waals surface area contributed by atoms with Gasteiger partial charge in [0.05, 0.1) is 89.6 Å². The Balaban J connectivity index is 0.000000129. The van der Waals surface area contributed by atoms with E-state index in [4.69, 9.17) is 9.97 Å². The van der Waals surface area contributed by atoms with Crippen LogP contribution in [0.4, 0.5) is 0 Å². The maximum Gasteiger partial charge on any atom is 0.146 e. The zero-order chi connectivity index (χ0) is 69.2. The molecule has 24 rings (SSSR count). The van der Waals surface area contributed by atoms with Crippen molar-refractivity contribution in [1.82, 2.24) is 47.0 Å². The molecule has 0 saturated heterocycles. The van der Waals surface area contributed by atoms with Crippen molar-refractivity contribution in [1.29, 1.82) is 0 Å². The summed E-state index contributed by atoms with van der Waals surface area (Å²) in [5, 5.41) is 17.0. The van der Waals surface area contributed by atoms with Gasteiger partial charge in [-0.25, -0.2) is 9.97 Å². The predicted octanol–water partition coefficient (Wildman–Crippen LogP) is 24.1. The van der Waals surface area contributed by atoms with E-state index in [1.165, 1.54) is 126 Å². The van der Waals surface area contributed by atoms with Crippen LogP contribution in [0.25, 0.3) is 209 Å². The molecule has 10 heteroatoms. The van der Waals surface area contributed by atoms with Gasteiger partial charge in [0.25, 0.3) is 0 Å². The second-order valence-corrected chi connectivity index (χ2v) is 27.8. The highest BCUT2D eigenvalue weighted by Crippen LogP contribution is 2.43. The number of imidazole rings is 2. The standard InChI is InChI=1S/2C48H29N5/c1-2-10-32(11-3-1)51-44-22-18-31(27-40(44)37-24-25-49-29-47(37)51)30-19-23-45-39(26-30)36-14-7-8-16-42(36)52(45)33-20-21-41-46(28-33)53-43-17-9-6-13-35(43)34-12-4-5-15-38(34)48(53)50-41;1-2-10-32(11-3-1)51-44-21-18-31(27-40(44)37-24-25-49-29-47(37)51)30-19-22-45-39(26-30)36-14-7-8-16-42(36)52(45)33-20-23-46-41(28-33)50-48-38-15-5-4-12-34(38)35-13-6-9-17-43(35)53(46)48/h2*1-29H. The van der Waals surface area contributed by atoms with Gasteiger partial charge in [0.15, 0.2) is 0 Å². The summed E-state index contributed by atoms with van der Waals surface area (Å²) in [5.41, 5.74) is 26.9. The third-order valence-electron chi connectivity index (χ3n) is 22.2. The van der Waals surface area contributed by atoms with Gasteiger partial charge in [0.1, 0.15) is 11.3 Å². The number of hydrogen-bond acceptors (Lipinski definition) is 4. The second kappa shape index (κ2) is 22.5. The first kappa shape index (κ1) is 58.2. The van der Waals surface area contributed by atoms with E-state index in [0.29, 0.717) is 0 Å². The first-order chi connectivity index (χ1) is 52.6. The number of hydrogen-bond donors (Lipinski definition) is 0. The van der Waals surface area contributed by atoms with E-state index >= 15 is 0 Å². The molecule has 0 aliphatic rings. The van der Waals surface area contributed by atoms with Gasteiger partial charge >= 0.3 is 0 Å². The first-order valence-electron chi connectivity index (χ1n) is 36.0. The number of rotatable bonds is 6. The summed E-state index contributed by atoms with van der Waals surface area (Å²) in [4.78, 5) is 19.5. The summed E-state index contributed by atoms with van der Waals surface area (Å²) in [6.45, 7) is 0. The lowest BCUT2D eigenvalue weighted by atomic mass is 10.0. The molecule has 24 aromatic rings. The predicted molar refractivity (Wildman–Crippen MR) is 439 cm³/mol. The van der Waals surface area contributed by atoms with Crippen molar-refractivity contribution in [3.63, 3.8) is 0 Å². The number of pyridine rings is 4. The lowest BCUT2D eigenvalue weighted by Crippen LogP contribution is -1.95. The van der Waals surface area contributed by atoms with Crippen LogP contribution in [0, 0.1) is 0 Å². The monoisotopic (exact) mass is 1350 g/mol. The second-order valence-electron chi connectivity index (χ2n) is 27.8. The Kier molecular flexibility index (Phi) is 12.4. The fourth-order valence-electron chi connectivity index (χ4n) is 17.5. The van der Waals surface area contributed by atoms with Crippen LogP contribution in [0.1, 0.15) is 0 Å². The minimum atomic E-state index is 0.977. The summed E-state index contributed by atoms with van der Waals surface area (Å²) in [6.07, 6.45) is 7.72. The van der Waals surface area contributed by atoms with Crippen molar-refractivity contribution in [2.45, 2.75) is 0 Å². The molecule has 14 aromatic carbocycles. The Labute approximate surface area is 604 Å². The topological polar surface area (TPSA) is 80.1 Å². The molecule has 0 bridgehead atoms. The smallest absolute Gasteiger partial charge is 0.146 e. The highest BCUT2D eigenvalue weighted by Gasteiger charge is 2.23. The van der Waals surface area contributed by atoms with Gasteiger partial charge in [-0.3, -0.25) is 18.8 Å². The van der Waals surface area contributed by atoms with E-state index in [1.54, 1.807) is 0 Å². The third kappa shape index (κ3) is 8.49. The molecule has 10 nitrogen and oxygen atoms in total. The molecule has 0 amide bonds. The Morgan fingerprint density at radius 1 is 0.179 bits per heavy atom. The highest BCUT2D eigenvalue weighted by atomic mass is 15.1.